The first kappa shape index (κ1) is 15.0. The Morgan fingerprint density at radius 1 is 1.25 bits per heavy atom. The van der Waals surface area contributed by atoms with Gasteiger partial charge in [-0.15, -0.1) is 6.42 Å². The molecule has 16 heavy (non-hydrogen) atoms. The Hall–Kier alpha value is -1.00. The summed E-state index contributed by atoms with van der Waals surface area (Å²) in [7, 11) is 0. The van der Waals surface area contributed by atoms with Crippen LogP contribution in [0.25, 0.3) is 0 Å². The van der Waals surface area contributed by atoms with Gasteiger partial charge in [-0.1, -0.05) is 29.2 Å². The number of terminal acetylenes is 1. The predicted molar refractivity (Wildman–Crippen MR) is 71.1 cm³/mol. The summed E-state index contributed by atoms with van der Waals surface area (Å²) in [6, 6.07) is 0. The summed E-state index contributed by atoms with van der Waals surface area (Å²) in [5.74, 6) is 2.39. The van der Waals surface area contributed by atoms with Crippen LogP contribution in [0.1, 0.15) is 53.4 Å². The first-order valence-corrected chi connectivity index (χ1v) is 5.86. The van der Waals surface area contributed by atoms with E-state index in [-0.39, 0.29) is 0 Å². The Labute approximate surface area is 100 Å². The van der Waals surface area contributed by atoms with Crippen LogP contribution < -0.4 is 0 Å². The maximum absolute atomic E-state index is 9.61. The van der Waals surface area contributed by atoms with Crippen molar-refractivity contribution in [3.05, 3.63) is 23.3 Å². The number of rotatable bonds is 6. The van der Waals surface area contributed by atoms with Crippen LogP contribution in [-0.4, -0.2) is 10.7 Å². The summed E-state index contributed by atoms with van der Waals surface area (Å²) >= 11 is 0. The molecule has 1 nitrogen and oxygen atoms in total. The topological polar surface area (TPSA) is 20.2 Å². The minimum Gasteiger partial charge on any atom is -0.378 e. The smallest absolute Gasteiger partial charge is 0.122 e. The first-order chi connectivity index (χ1) is 7.37. The van der Waals surface area contributed by atoms with Crippen LogP contribution in [0.15, 0.2) is 23.3 Å². The lowest BCUT2D eigenvalue weighted by molar-refractivity contribution is 0.113. The summed E-state index contributed by atoms with van der Waals surface area (Å²) in [6.07, 6.45) is 13.3. The molecule has 0 aromatic rings. The van der Waals surface area contributed by atoms with Gasteiger partial charge in [-0.2, -0.15) is 0 Å². The van der Waals surface area contributed by atoms with E-state index in [0.717, 1.165) is 19.3 Å². The van der Waals surface area contributed by atoms with Crippen LogP contribution in [-0.2, 0) is 0 Å². The second kappa shape index (κ2) is 7.30. The van der Waals surface area contributed by atoms with Crippen molar-refractivity contribution in [3.8, 4) is 12.3 Å². The Balaban J connectivity index is 3.89. The molecule has 0 bridgehead atoms. The maximum atomic E-state index is 9.61. The van der Waals surface area contributed by atoms with Crippen LogP contribution in [0.3, 0.4) is 0 Å². The molecule has 0 aromatic heterocycles. The quantitative estimate of drug-likeness (QED) is 0.532. The van der Waals surface area contributed by atoms with Crippen LogP contribution in [0.4, 0.5) is 0 Å². The van der Waals surface area contributed by atoms with Gasteiger partial charge >= 0.3 is 0 Å². The Morgan fingerprint density at radius 2 is 1.88 bits per heavy atom. The summed E-state index contributed by atoms with van der Waals surface area (Å²) in [6.45, 7) is 8.04. The van der Waals surface area contributed by atoms with Crippen LogP contribution >= 0.6 is 0 Å². The second-order valence-electron chi connectivity index (χ2n) is 4.83. The van der Waals surface area contributed by atoms with Gasteiger partial charge in [0.25, 0.3) is 0 Å². The number of aliphatic hydroxyl groups is 1. The van der Waals surface area contributed by atoms with Crippen molar-refractivity contribution in [3.63, 3.8) is 0 Å². The van der Waals surface area contributed by atoms with Gasteiger partial charge in [0.15, 0.2) is 0 Å². The highest BCUT2D eigenvalue weighted by Gasteiger charge is 2.14. The van der Waals surface area contributed by atoms with Gasteiger partial charge in [0.05, 0.1) is 0 Å². The number of hydrogen-bond donors (Lipinski definition) is 1. The molecule has 0 heterocycles. The predicted octanol–water partition coefficient (Wildman–Crippen LogP) is 3.84. The molecule has 0 saturated carbocycles. The van der Waals surface area contributed by atoms with E-state index >= 15 is 0 Å². The minimum atomic E-state index is -0.962. The van der Waals surface area contributed by atoms with Gasteiger partial charge in [-0.3, -0.25) is 0 Å². The normalized spacial score (nSPS) is 15.1. The Morgan fingerprint density at radius 3 is 2.38 bits per heavy atom. The highest BCUT2D eigenvalue weighted by Crippen LogP contribution is 2.14. The largest absolute Gasteiger partial charge is 0.378 e. The van der Waals surface area contributed by atoms with E-state index in [1.807, 2.05) is 0 Å². The van der Waals surface area contributed by atoms with Crippen LogP contribution in [0.5, 0.6) is 0 Å². The highest BCUT2D eigenvalue weighted by molar-refractivity contribution is 5.07. The summed E-state index contributed by atoms with van der Waals surface area (Å²) < 4.78 is 0. The average molecular weight is 220 g/mol. The van der Waals surface area contributed by atoms with E-state index < -0.39 is 5.60 Å². The lowest BCUT2D eigenvalue weighted by Gasteiger charge is -2.14. The maximum Gasteiger partial charge on any atom is 0.122 e. The van der Waals surface area contributed by atoms with Gasteiger partial charge in [-0.05, 0) is 53.4 Å². The zero-order chi connectivity index (χ0) is 12.6. The molecule has 0 amide bonds. The van der Waals surface area contributed by atoms with E-state index in [1.54, 1.807) is 6.92 Å². The lowest BCUT2D eigenvalue weighted by Crippen LogP contribution is -2.20. The number of allylic oxidation sites excluding steroid dienone is 4. The van der Waals surface area contributed by atoms with E-state index in [0.29, 0.717) is 6.42 Å². The molecule has 1 N–H and O–H groups in total. The fourth-order valence-corrected chi connectivity index (χ4v) is 1.36. The zero-order valence-electron chi connectivity index (χ0n) is 11.0. The molecular weight excluding hydrogens is 196 g/mol. The summed E-state index contributed by atoms with van der Waals surface area (Å²) in [4.78, 5) is 0. The van der Waals surface area contributed by atoms with Crippen molar-refractivity contribution in [2.24, 2.45) is 0 Å². The van der Waals surface area contributed by atoms with Gasteiger partial charge in [0.1, 0.15) is 5.60 Å². The molecule has 90 valence electrons. The second-order valence-corrected chi connectivity index (χ2v) is 4.83. The van der Waals surface area contributed by atoms with Crippen LogP contribution in [0, 0.1) is 12.3 Å². The van der Waals surface area contributed by atoms with E-state index in [4.69, 9.17) is 6.42 Å². The molecular formula is C15H24O. The van der Waals surface area contributed by atoms with Crippen molar-refractivity contribution in [1.82, 2.24) is 0 Å². The summed E-state index contributed by atoms with van der Waals surface area (Å²) in [5.41, 5.74) is 1.77. The zero-order valence-corrected chi connectivity index (χ0v) is 11.0. The molecule has 1 atom stereocenters. The third kappa shape index (κ3) is 8.32. The monoisotopic (exact) mass is 220 g/mol. The molecule has 1 unspecified atom stereocenters. The third-order valence-corrected chi connectivity index (χ3v) is 2.53. The molecule has 0 spiro atoms. The van der Waals surface area contributed by atoms with Crippen molar-refractivity contribution in [2.75, 3.05) is 0 Å². The Kier molecular flexibility index (Phi) is 6.85. The first-order valence-electron chi connectivity index (χ1n) is 5.86. The molecule has 0 fully saturated rings. The fourth-order valence-electron chi connectivity index (χ4n) is 1.36. The average Bonchev–Trinajstić information content (AvgIpc) is 2.17. The molecule has 0 aliphatic heterocycles. The van der Waals surface area contributed by atoms with Gasteiger partial charge < -0.3 is 5.11 Å². The molecule has 0 rings (SSSR count). The van der Waals surface area contributed by atoms with E-state index in [2.05, 4.69) is 38.8 Å². The lowest BCUT2D eigenvalue weighted by atomic mass is 10.00. The SMILES string of the molecule is C#CC(C)(O)CCC=C(C)CCC=C(C)C. The standard InChI is InChI=1S/C15H24O/c1-6-15(5,16)12-8-11-14(4)10-7-9-13(2)3/h1,9,11,16H,7-8,10,12H2,2-5H3. The van der Waals surface area contributed by atoms with Gasteiger partial charge in [0, 0.05) is 0 Å². The van der Waals surface area contributed by atoms with Crippen LogP contribution in [0.2, 0.25) is 0 Å². The minimum absolute atomic E-state index is 0.628. The summed E-state index contributed by atoms with van der Waals surface area (Å²) in [5, 5.41) is 9.61. The van der Waals surface area contributed by atoms with Crippen molar-refractivity contribution in [2.45, 2.75) is 59.0 Å². The molecule has 0 aliphatic carbocycles. The molecule has 0 aromatic carbocycles. The molecule has 1 heteroatoms. The molecule has 0 aliphatic rings. The van der Waals surface area contributed by atoms with Crippen molar-refractivity contribution in [1.29, 1.82) is 0 Å². The Bertz CT molecular complexity index is 296. The van der Waals surface area contributed by atoms with Crippen molar-refractivity contribution < 1.29 is 5.11 Å². The molecule has 0 radical (unpaired) electrons. The fraction of sp³-hybridized carbons (Fsp3) is 0.600. The van der Waals surface area contributed by atoms with Gasteiger partial charge in [0.2, 0.25) is 0 Å². The van der Waals surface area contributed by atoms with E-state index in [9.17, 15) is 5.11 Å². The van der Waals surface area contributed by atoms with Gasteiger partial charge in [-0.25, -0.2) is 0 Å². The number of hydrogen-bond acceptors (Lipinski definition) is 1. The van der Waals surface area contributed by atoms with Crippen molar-refractivity contribution >= 4 is 0 Å². The highest BCUT2D eigenvalue weighted by atomic mass is 16.3. The third-order valence-electron chi connectivity index (χ3n) is 2.53. The molecule has 0 saturated heterocycles. The van der Waals surface area contributed by atoms with E-state index in [1.165, 1.54) is 11.1 Å².